The van der Waals surface area contributed by atoms with Crippen LogP contribution in [0.3, 0.4) is 0 Å². The van der Waals surface area contributed by atoms with Gasteiger partial charge in [-0.3, -0.25) is 4.79 Å². The zero-order valence-electron chi connectivity index (χ0n) is 16.7. The average Bonchev–Trinajstić information content (AvgIpc) is 3.38. The molecule has 0 fully saturated rings. The second-order valence-electron chi connectivity index (χ2n) is 6.73. The predicted molar refractivity (Wildman–Crippen MR) is 117 cm³/mol. The van der Waals surface area contributed by atoms with Crippen molar-refractivity contribution in [3.8, 4) is 17.0 Å². The lowest BCUT2D eigenvalue weighted by atomic mass is 10.0. The van der Waals surface area contributed by atoms with E-state index in [9.17, 15) is 4.79 Å². The number of H-pyrrole nitrogens is 1. The Labute approximate surface area is 170 Å². The molecule has 0 radical (unpaired) electrons. The van der Waals surface area contributed by atoms with Crippen molar-refractivity contribution in [3.05, 3.63) is 89.5 Å². The van der Waals surface area contributed by atoms with Gasteiger partial charge in [0.1, 0.15) is 12.4 Å². The van der Waals surface area contributed by atoms with E-state index in [1.165, 1.54) is 0 Å². The van der Waals surface area contributed by atoms with Gasteiger partial charge in [0.05, 0.1) is 5.56 Å². The maximum atomic E-state index is 12.2. The first-order valence-corrected chi connectivity index (χ1v) is 9.98. The number of fused-ring (bicyclic) bond motifs is 2. The van der Waals surface area contributed by atoms with Crippen LogP contribution in [0.4, 0.5) is 0 Å². The van der Waals surface area contributed by atoms with Crippen LogP contribution in [0.15, 0.2) is 72.8 Å². The van der Waals surface area contributed by atoms with Gasteiger partial charge < -0.3 is 15.0 Å². The number of nitrogens with one attached hydrogen (secondary N) is 2. The summed E-state index contributed by atoms with van der Waals surface area (Å²) in [5, 5.41) is 3.96. The molecule has 5 rings (SSSR count). The highest BCUT2D eigenvalue weighted by molar-refractivity contribution is 6.05. The van der Waals surface area contributed by atoms with E-state index in [1.54, 1.807) is 0 Å². The first-order chi connectivity index (χ1) is 14.3. The minimum atomic E-state index is -0.00820. The predicted octanol–water partition coefficient (Wildman–Crippen LogP) is 5.68. The number of carbonyl (C=O) groups excluding carboxylic acids is 1. The highest BCUT2D eigenvalue weighted by atomic mass is 16.5. The molecule has 0 bridgehead atoms. The number of aromatic nitrogens is 1. The zero-order chi connectivity index (χ0) is 20.2. The van der Waals surface area contributed by atoms with Crippen molar-refractivity contribution in [1.82, 2.24) is 10.3 Å². The Morgan fingerprint density at radius 3 is 2.59 bits per heavy atom. The molecule has 3 aromatic carbocycles. The Morgan fingerprint density at radius 2 is 1.76 bits per heavy atom. The van der Waals surface area contributed by atoms with E-state index in [1.807, 2.05) is 80.6 Å². The Morgan fingerprint density at radius 1 is 0.931 bits per heavy atom. The van der Waals surface area contributed by atoms with Crippen molar-refractivity contribution in [3.63, 3.8) is 0 Å². The van der Waals surface area contributed by atoms with Crippen LogP contribution in [-0.2, 0) is 13.2 Å². The molecular weight excluding hydrogens is 360 g/mol. The standard InChI is InChI=1S/C23H18N2O2.C2H6/c26-23-22-16(13-24-23)7-4-8-19(22)21-12-17-11-18(9-10-20(17)25-21)27-14-15-5-2-1-3-6-15;1-2/h1-12,25H,13-14H2,(H,24,26);1-2H3. The fourth-order valence-electron chi connectivity index (χ4n) is 3.59. The van der Waals surface area contributed by atoms with E-state index in [0.29, 0.717) is 13.2 Å². The number of hydrogen-bond acceptors (Lipinski definition) is 2. The average molecular weight is 384 g/mol. The number of ether oxygens (including phenoxy) is 1. The van der Waals surface area contributed by atoms with Crippen LogP contribution in [0.1, 0.15) is 35.3 Å². The quantitative estimate of drug-likeness (QED) is 0.475. The normalized spacial score (nSPS) is 12.1. The molecule has 0 saturated heterocycles. The van der Waals surface area contributed by atoms with Crippen LogP contribution in [0, 0.1) is 0 Å². The number of amides is 1. The molecular formula is C25H24N2O2. The van der Waals surface area contributed by atoms with Gasteiger partial charge in [-0.05, 0) is 35.4 Å². The third kappa shape index (κ3) is 3.74. The number of hydrogen-bond donors (Lipinski definition) is 2. The van der Waals surface area contributed by atoms with E-state index >= 15 is 0 Å². The lowest BCUT2D eigenvalue weighted by molar-refractivity contribution is 0.0966. The number of rotatable bonds is 4. The van der Waals surface area contributed by atoms with E-state index in [4.69, 9.17) is 4.74 Å². The fourth-order valence-corrected chi connectivity index (χ4v) is 3.59. The van der Waals surface area contributed by atoms with Gasteiger partial charge >= 0.3 is 0 Å². The summed E-state index contributed by atoms with van der Waals surface area (Å²) in [6, 6.07) is 24.2. The SMILES string of the molecule is CC.O=C1NCc2cccc(-c3cc4cc(OCc5ccccc5)ccc4[nH]3)c21. The van der Waals surface area contributed by atoms with Gasteiger partial charge in [-0.15, -0.1) is 0 Å². The van der Waals surface area contributed by atoms with E-state index in [-0.39, 0.29) is 5.91 Å². The molecule has 1 aliphatic heterocycles. The third-order valence-electron chi connectivity index (χ3n) is 4.95. The summed E-state index contributed by atoms with van der Waals surface area (Å²) in [6.07, 6.45) is 0. The summed E-state index contributed by atoms with van der Waals surface area (Å²) in [7, 11) is 0. The largest absolute Gasteiger partial charge is 0.489 e. The molecule has 0 aliphatic carbocycles. The molecule has 0 spiro atoms. The molecule has 2 heterocycles. The van der Waals surface area contributed by atoms with Gasteiger partial charge in [0, 0.05) is 28.7 Å². The summed E-state index contributed by atoms with van der Waals surface area (Å²) in [5.41, 5.74) is 5.85. The molecule has 2 N–H and O–H groups in total. The topological polar surface area (TPSA) is 54.1 Å². The molecule has 4 nitrogen and oxygen atoms in total. The smallest absolute Gasteiger partial charge is 0.252 e. The molecule has 146 valence electrons. The van der Waals surface area contributed by atoms with Gasteiger partial charge in [-0.25, -0.2) is 0 Å². The van der Waals surface area contributed by atoms with Crippen LogP contribution in [0.25, 0.3) is 22.2 Å². The summed E-state index contributed by atoms with van der Waals surface area (Å²) < 4.78 is 5.93. The van der Waals surface area contributed by atoms with Gasteiger partial charge in [-0.1, -0.05) is 62.4 Å². The van der Waals surface area contributed by atoms with Crippen molar-refractivity contribution in [1.29, 1.82) is 0 Å². The summed E-state index contributed by atoms with van der Waals surface area (Å²) >= 11 is 0. The van der Waals surface area contributed by atoms with E-state index in [2.05, 4.69) is 16.4 Å². The lowest BCUT2D eigenvalue weighted by Crippen LogP contribution is -2.13. The molecule has 0 saturated carbocycles. The fraction of sp³-hybridized carbons (Fsp3) is 0.160. The van der Waals surface area contributed by atoms with Gasteiger partial charge in [0.25, 0.3) is 5.91 Å². The number of carbonyl (C=O) groups is 1. The molecule has 4 aromatic rings. The zero-order valence-corrected chi connectivity index (χ0v) is 16.7. The van der Waals surface area contributed by atoms with Crippen molar-refractivity contribution in [2.75, 3.05) is 0 Å². The summed E-state index contributed by atoms with van der Waals surface area (Å²) in [6.45, 7) is 5.13. The van der Waals surface area contributed by atoms with Crippen LogP contribution in [0.5, 0.6) is 5.75 Å². The van der Waals surface area contributed by atoms with Crippen molar-refractivity contribution in [2.24, 2.45) is 0 Å². The number of aromatic amines is 1. The number of benzene rings is 3. The van der Waals surface area contributed by atoms with Crippen LogP contribution < -0.4 is 10.1 Å². The third-order valence-corrected chi connectivity index (χ3v) is 4.95. The monoisotopic (exact) mass is 384 g/mol. The first kappa shape index (κ1) is 18.8. The molecule has 1 amide bonds. The molecule has 0 atom stereocenters. The Balaban J connectivity index is 0.000000994. The van der Waals surface area contributed by atoms with Crippen molar-refractivity contribution in [2.45, 2.75) is 27.0 Å². The highest BCUT2D eigenvalue weighted by Gasteiger charge is 2.23. The first-order valence-electron chi connectivity index (χ1n) is 9.98. The van der Waals surface area contributed by atoms with Gasteiger partial charge in [-0.2, -0.15) is 0 Å². The van der Waals surface area contributed by atoms with Crippen LogP contribution in [0.2, 0.25) is 0 Å². The maximum Gasteiger partial charge on any atom is 0.252 e. The van der Waals surface area contributed by atoms with Gasteiger partial charge in [0.15, 0.2) is 0 Å². The summed E-state index contributed by atoms with van der Waals surface area (Å²) in [4.78, 5) is 15.6. The molecule has 0 unspecified atom stereocenters. The van der Waals surface area contributed by atoms with Crippen LogP contribution in [-0.4, -0.2) is 10.9 Å². The molecule has 1 aromatic heterocycles. The second-order valence-corrected chi connectivity index (χ2v) is 6.73. The molecule has 1 aliphatic rings. The van der Waals surface area contributed by atoms with E-state index < -0.39 is 0 Å². The Bertz CT molecular complexity index is 1150. The highest BCUT2D eigenvalue weighted by Crippen LogP contribution is 2.32. The molecule has 29 heavy (non-hydrogen) atoms. The summed E-state index contributed by atoms with van der Waals surface area (Å²) in [5.74, 6) is 0.819. The van der Waals surface area contributed by atoms with Crippen molar-refractivity contribution < 1.29 is 9.53 Å². The van der Waals surface area contributed by atoms with E-state index in [0.717, 1.165) is 44.6 Å². The Kier molecular flexibility index (Phi) is 5.34. The second kappa shape index (κ2) is 8.23. The van der Waals surface area contributed by atoms with Crippen molar-refractivity contribution >= 4 is 16.8 Å². The van der Waals surface area contributed by atoms with Crippen LogP contribution >= 0.6 is 0 Å². The lowest BCUT2D eigenvalue weighted by Gasteiger charge is -2.06. The minimum absolute atomic E-state index is 0.00820. The minimum Gasteiger partial charge on any atom is -0.489 e. The molecule has 4 heteroatoms. The van der Waals surface area contributed by atoms with Gasteiger partial charge in [0.2, 0.25) is 0 Å². The Hall–Kier alpha value is -3.53. The maximum absolute atomic E-state index is 12.2.